The van der Waals surface area contributed by atoms with Crippen LogP contribution in [-0.2, 0) is 17.6 Å². The lowest BCUT2D eigenvalue weighted by molar-refractivity contribution is -0.131. The molecule has 0 fully saturated rings. The van der Waals surface area contributed by atoms with Crippen LogP contribution in [0.3, 0.4) is 0 Å². The van der Waals surface area contributed by atoms with E-state index in [4.69, 9.17) is 0 Å². The molecule has 0 unspecified atom stereocenters. The maximum Gasteiger partial charge on any atom is 0.227 e. The standard InChI is InChI=1S/C20H20N2O/c1-22(19-11-10-14-6-2-3-8-17(14)19)20(23)12-15-13-21-18-9-5-4-7-16(15)18/h2-9,13,19,21H,10-12H2,1H3/t19-/m1/s1. The van der Waals surface area contributed by atoms with E-state index in [0.29, 0.717) is 6.42 Å². The van der Waals surface area contributed by atoms with E-state index < -0.39 is 0 Å². The van der Waals surface area contributed by atoms with E-state index in [0.717, 1.165) is 29.3 Å². The van der Waals surface area contributed by atoms with E-state index >= 15 is 0 Å². The van der Waals surface area contributed by atoms with Gasteiger partial charge in [-0.3, -0.25) is 4.79 Å². The molecular weight excluding hydrogens is 284 g/mol. The van der Waals surface area contributed by atoms with Gasteiger partial charge in [0.1, 0.15) is 0 Å². The molecule has 3 aromatic rings. The third kappa shape index (κ3) is 2.42. The van der Waals surface area contributed by atoms with E-state index in [2.05, 4.69) is 35.3 Å². The SMILES string of the molecule is CN(C(=O)Cc1c[nH]c2ccccc12)[C@@H]1CCc2ccccc21. The number of carbonyl (C=O) groups is 1. The van der Waals surface area contributed by atoms with E-state index in [1.54, 1.807) is 0 Å². The number of rotatable bonds is 3. The summed E-state index contributed by atoms with van der Waals surface area (Å²) in [6, 6.07) is 16.8. The molecule has 1 N–H and O–H groups in total. The fourth-order valence-corrected chi connectivity index (χ4v) is 3.68. The summed E-state index contributed by atoms with van der Waals surface area (Å²) in [6.45, 7) is 0. The fraction of sp³-hybridized carbons (Fsp3) is 0.250. The number of carbonyl (C=O) groups excluding carboxylic acids is 1. The molecule has 0 saturated carbocycles. The number of aromatic nitrogens is 1. The summed E-state index contributed by atoms with van der Waals surface area (Å²) in [5, 5.41) is 1.14. The predicted octanol–water partition coefficient (Wildman–Crippen LogP) is 3.86. The lowest BCUT2D eigenvalue weighted by atomic mass is 10.1. The Bertz CT molecular complexity index is 865. The third-order valence-electron chi connectivity index (χ3n) is 4.98. The molecule has 3 heteroatoms. The molecule has 1 atom stereocenters. The van der Waals surface area contributed by atoms with Crippen molar-refractivity contribution in [2.24, 2.45) is 0 Å². The van der Waals surface area contributed by atoms with Crippen LogP contribution in [-0.4, -0.2) is 22.8 Å². The minimum absolute atomic E-state index is 0.177. The van der Waals surface area contributed by atoms with Crippen LogP contribution in [0.15, 0.2) is 54.7 Å². The monoisotopic (exact) mass is 304 g/mol. The summed E-state index contributed by atoms with van der Waals surface area (Å²) in [7, 11) is 1.93. The highest BCUT2D eigenvalue weighted by atomic mass is 16.2. The Morgan fingerprint density at radius 3 is 2.87 bits per heavy atom. The normalized spacial score (nSPS) is 16.5. The first-order valence-electron chi connectivity index (χ1n) is 8.12. The maximum absolute atomic E-state index is 12.8. The summed E-state index contributed by atoms with van der Waals surface area (Å²) in [4.78, 5) is 17.9. The van der Waals surface area contributed by atoms with Gasteiger partial charge in [-0.15, -0.1) is 0 Å². The Morgan fingerprint density at radius 1 is 1.17 bits per heavy atom. The quantitative estimate of drug-likeness (QED) is 0.783. The van der Waals surface area contributed by atoms with E-state index in [1.807, 2.05) is 36.3 Å². The molecule has 1 aliphatic carbocycles. The largest absolute Gasteiger partial charge is 0.361 e. The smallest absolute Gasteiger partial charge is 0.227 e. The van der Waals surface area contributed by atoms with Gasteiger partial charge in [0.15, 0.2) is 0 Å². The first-order valence-corrected chi connectivity index (χ1v) is 8.12. The molecule has 0 saturated heterocycles. The van der Waals surface area contributed by atoms with Gasteiger partial charge in [0, 0.05) is 24.1 Å². The minimum Gasteiger partial charge on any atom is -0.361 e. The second-order valence-electron chi connectivity index (χ2n) is 6.29. The molecule has 0 aliphatic heterocycles. The molecule has 1 amide bonds. The second kappa shape index (κ2) is 5.58. The number of nitrogens with zero attached hydrogens (tertiary/aromatic N) is 1. The van der Waals surface area contributed by atoms with Gasteiger partial charge in [-0.25, -0.2) is 0 Å². The van der Waals surface area contributed by atoms with Gasteiger partial charge in [0.05, 0.1) is 12.5 Å². The van der Waals surface area contributed by atoms with Gasteiger partial charge < -0.3 is 9.88 Å². The molecular formula is C20H20N2O. The zero-order valence-corrected chi connectivity index (χ0v) is 13.3. The number of hydrogen-bond donors (Lipinski definition) is 1. The number of H-pyrrole nitrogens is 1. The predicted molar refractivity (Wildman–Crippen MR) is 92.3 cm³/mol. The first-order chi connectivity index (χ1) is 11.2. The van der Waals surface area contributed by atoms with Crippen molar-refractivity contribution in [2.75, 3.05) is 7.05 Å². The van der Waals surface area contributed by atoms with Crippen molar-refractivity contribution in [1.82, 2.24) is 9.88 Å². The second-order valence-corrected chi connectivity index (χ2v) is 6.29. The van der Waals surface area contributed by atoms with Crippen LogP contribution in [0.4, 0.5) is 0 Å². The number of benzene rings is 2. The highest BCUT2D eigenvalue weighted by Crippen LogP contribution is 2.35. The van der Waals surface area contributed by atoms with Gasteiger partial charge in [-0.05, 0) is 35.6 Å². The van der Waals surface area contributed by atoms with E-state index in [-0.39, 0.29) is 11.9 Å². The van der Waals surface area contributed by atoms with Crippen LogP contribution < -0.4 is 0 Å². The highest BCUT2D eigenvalue weighted by Gasteiger charge is 2.28. The minimum atomic E-state index is 0.177. The summed E-state index contributed by atoms with van der Waals surface area (Å²) >= 11 is 0. The van der Waals surface area contributed by atoms with Crippen LogP contribution in [0.2, 0.25) is 0 Å². The van der Waals surface area contributed by atoms with Gasteiger partial charge in [-0.1, -0.05) is 42.5 Å². The van der Waals surface area contributed by atoms with Gasteiger partial charge in [0.25, 0.3) is 0 Å². The Morgan fingerprint density at radius 2 is 1.96 bits per heavy atom. The topological polar surface area (TPSA) is 36.1 Å². The molecule has 23 heavy (non-hydrogen) atoms. The van der Waals surface area contributed by atoms with Crippen LogP contribution >= 0.6 is 0 Å². The number of amides is 1. The Hall–Kier alpha value is -2.55. The number of likely N-dealkylation sites (N-methyl/N-ethyl adjacent to an activating group) is 1. The Balaban J connectivity index is 1.56. The molecule has 2 aromatic carbocycles. The molecule has 4 rings (SSSR count). The maximum atomic E-state index is 12.8. The van der Waals surface area contributed by atoms with Crippen LogP contribution in [0.5, 0.6) is 0 Å². The lowest BCUT2D eigenvalue weighted by Gasteiger charge is -2.25. The lowest BCUT2D eigenvalue weighted by Crippen LogP contribution is -2.31. The molecule has 3 nitrogen and oxygen atoms in total. The number of para-hydroxylation sites is 1. The number of aryl methyl sites for hydroxylation is 1. The molecule has 0 spiro atoms. The van der Waals surface area contributed by atoms with Crippen molar-refractivity contribution in [3.05, 3.63) is 71.4 Å². The summed E-state index contributed by atoms with van der Waals surface area (Å²) in [6.07, 6.45) is 4.49. The number of nitrogens with one attached hydrogen (secondary N) is 1. The van der Waals surface area contributed by atoms with Crippen molar-refractivity contribution in [1.29, 1.82) is 0 Å². The van der Waals surface area contributed by atoms with Gasteiger partial charge in [0.2, 0.25) is 5.91 Å². The Labute approximate surface area is 135 Å². The number of hydrogen-bond acceptors (Lipinski definition) is 1. The zero-order valence-electron chi connectivity index (χ0n) is 13.3. The number of fused-ring (bicyclic) bond motifs is 2. The van der Waals surface area contributed by atoms with E-state index in [1.165, 1.54) is 11.1 Å². The number of aromatic amines is 1. The van der Waals surface area contributed by atoms with Gasteiger partial charge >= 0.3 is 0 Å². The Kier molecular flexibility index (Phi) is 3.41. The van der Waals surface area contributed by atoms with Crippen LogP contribution in [0.25, 0.3) is 10.9 Å². The summed E-state index contributed by atoms with van der Waals surface area (Å²) in [5.74, 6) is 0.177. The van der Waals surface area contributed by atoms with Crippen molar-refractivity contribution < 1.29 is 4.79 Å². The van der Waals surface area contributed by atoms with Gasteiger partial charge in [-0.2, -0.15) is 0 Å². The van der Waals surface area contributed by atoms with Crippen molar-refractivity contribution in [2.45, 2.75) is 25.3 Å². The molecule has 116 valence electrons. The molecule has 0 radical (unpaired) electrons. The fourth-order valence-electron chi connectivity index (χ4n) is 3.68. The third-order valence-corrected chi connectivity index (χ3v) is 4.98. The van der Waals surface area contributed by atoms with Crippen LogP contribution in [0, 0.1) is 0 Å². The average molecular weight is 304 g/mol. The first kappa shape index (κ1) is 14.1. The van der Waals surface area contributed by atoms with Crippen molar-refractivity contribution in [3.63, 3.8) is 0 Å². The molecule has 1 heterocycles. The van der Waals surface area contributed by atoms with Crippen molar-refractivity contribution >= 4 is 16.8 Å². The molecule has 1 aliphatic rings. The summed E-state index contributed by atoms with van der Waals surface area (Å²) < 4.78 is 0. The van der Waals surface area contributed by atoms with E-state index in [9.17, 15) is 4.79 Å². The molecule has 0 bridgehead atoms. The van der Waals surface area contributed by atoms with Crippen molar-refractivity contribution in [3.8, 4) is 0 Å². The molecule has 1 aromatic heterocycles. The summed E-state index contributed by atoms with van der Waals surface area (Å²) in [5.41, 5.74) is 4.85. The highest BCUT2D eigenvalue weighted by molar-refractivity contribution is 5.89. The zero-order chi connectivity index (χ0) is 15.8. The van der Waals surface area contributed by atoms with Crippen LogP contribution in [0.1, 0.15) is 29.2 Å². The average Bonchev–Trinajstić information content (AvgIpc) is 3.19.